The largest absolute Gasteiger partial charge is 0.378 e. The molecule has 0 radical (unpaired) electrons. The standard InChI is InChI=1S/C17H19N3/c1-11-4-5-14(8-12(11)2)13(3)19-16-7-6-15-10-18-20-17(15)9-16/h4-10,13,19H,1-3H3,(H,18,20). The molecule has 1 unspecified atom stereocenters. The monoisotopic (exact) mass is 265 g/mol. The van der Waals surface area contributed by atoms with E-state index in [2.05, 4.69) is 72.7 Å². The van der Waals surface area contributed by atoms with Gasteiger partial charge in [0.1, 0.15) is 0 Å². The molecule has 102 valence electrons. The van der Waals surface area contributed by atoms with E-state index in [-0.39, 0.29) is 6.04 Å². The summed E-state index contributed by atoms with van der Waals surface area (Å²) in [5.41, 5.74) is 6.13. The first-order valence-corrected chi connectivity index (χ1v) is 6.90. The first-order chi connectivity index (χ1) is 9.63. The van der Waals surface area contributed by atoms with Crippen molar-refractivity contribution in [1.82, 2.24) is 10.2 Å². The van der Waals surface area contributed by atoms with Crippen molar-refractivity contribution in [2.45, 2.75) is 26.8 Å². The van der Waals surface area contributed by atoms with Crippen molar-refractivity contribution in [2.24, 2.45) is 0 Å². The van der Waals surface area contributed by atoms with Gasteiger partial charge < -0.3 is 5.32 Å². The Morgan fingerprint density at radius 1 is 1.05 bits per heavy atom. The molecule has 0 spiro atoms. The van der Waals surface area contributed by atoms with E-state index in [0.717, 1.165) is 16.6 Å². The number of anilines is 1. The molecular formula is C17H19N3. The van der Waals surface area contributed by atoms with Gasteiger partial charge in [0.2, 0.25) is 0 Å². The number of aromatic nitrogens is 2. The van der Waals surface area contributed by atoms with Gasteiger partial charge in [0.15, 0.2) is 0 Å². The van der Waals surface area contributed by atoms with E-state index in [1.807, 2.05) is 6.20 Å². The summed E-state index contributed by atoms with van der Waals surface area (Å²) < 4.78 is 0. The Balaban J connectivity index is 1.83. The smallest absolute Gasteiger partial charge is 0.0670 e. The van der Waals surface area contributed by atoms with Crippen molar-refractivity contribution < 1.29 is 0 Å². The van der Waals surface area contributed by atoms with Gasteiger partial charge in [0.25, 0.3) is 0 Å². The topological polar surface area (TPSA) is 40.7 Å². The summed E-state index contributed by atoms with van der Waals surface area (Å²) in [5.74, 6) is 0. The normalized spacial score (nSPS) is 12.6. The zero-order chi connectivity index (χ0) is 14.1. The fourth-order valence-electron chi connectivity index (χ4n) is 2.39. The minimum atomic E-state index is 0.273. The predicted molar refractivity (Wildman–Crippen MR) is 84.0 cm³/mol. The molecular weight excluding hydrogens is 246 g/mol. The number of fused-ring (bicyclic) bond motifs is 1. The number of hydrogen-bond acceptors (Lipinski definition) is 2. The van der Waals surface area contributed by atoms with Crippen LogP contribution in [0.2, 0.25) is 0 Å². The zero-order valence-electron chi connectivity index (χ0n) is 12.1. The van der Waals surface area contributed by atoms with Gasteiger partial charge in [-0.05, 0) is 55.7 Å². The molecule has 1 heterocycles. The van der Waals surface area contributed by atoms with Crippen molar-refractivity contribution in [3.63, 3.8) is 0 Å². The van der Waals surface area contributed by atoms with E-state index in [9.17, 15) is 0 Å². The maximum Gasteiger partial charge on any atom is 0.0670 e. The fraction of sp³-hybridized carbons (Fsp3) is 0.235. The van der Waals surface area contributed by atoms with Crippen LogP contribution in [-0.4, -0.2) is 10.2 Å². The highest BCUT2D eigenvalue weighted by atomic mass is 15.1. The van der Waals surface area contributed by atoms with Crippen LogP contribution in [0.25, 0.3) is 10.9 Å². The summed E-state index contributed by atoms with van der Waals surface area (Å²) in [6.45, 7) is 6.48. The molecule has 3 aromatic rings. The first kappa shape index (κ1) is 12.7. The van der Waals surface area contributed by atoms with Crippen molar-refractivity contribution in [3.05, 3.63) is 59.3 Å². The quantitative estimate of drug-likeness (QED) is 0.739. The molecule has 3 heteroatoms. The molecule has 2 N–H and O–H groups in total. The van der Waals surface area contributed by atoms with Crippen molar-refractivity contribution in [1.29, 1.82) is 0 Å². The molecule has 3 rings (SSSR count). The molecule has 0 aliphatic rings. The minimum absolute atomic E-state index is 0.273. The molecule has 0 bridgehead atoms. The average Bonchev–Trinajstić information content (AvgIpc) is 2.89. The van der Waals surface area contributed by atoms with E-state index >= 15 is 0 Å². The highest BCUT2D eigenvalue weighted by Crippen LogP contribution is 2.23. The molecule has 1 atom stereocenters. The van der Waals surface area contributed by atoms with Gasteiger partial charge >= 0.3 is 0 Å². The maximum atomic E-state index is 4.05. The van der Waals surface area contributed by atoms with Gasteiger partial charge in [-0.25, -0.2) is 0 Å². The number of rotatable bonds is 3. The van der Waals surface area contributed by atoms with Crippen LogP contribution in [0, 0.1) is 13.8 Å². The lowest BCUT2D eigenvalue weighted by atomic mass is 10.0. The summed E-state index contributed by atoms with van der Waals surface area (Å²) in [7, 11) is 0. The van der Waals surface area contributed by atoms with Crippen LogP contribution in [0.15, 0.2) is 42.6 Å². The lowest BCUT2D eigenvalue weighted by molar-refractivity contribution is 0.882. The molecule has 1 aromatic heterocycles. The number of benzene rings is 2. The second-order valence-corrected chi connectivity index (χ2v) is 5.38. The summed E-state index contributed by atoms with van der Waals surface area (Å²) in [6.07, 6.45) is 1.84. The second kappa shape index (κ2) is 5.00. The zero-order valence-corrected chi connectivity index (χ0v) is 12.1. The summed E-state index contributed by atoms with van der Waals surface area (Å²) in [6, 6.07) is 13.2. The Kier molecular flexibility index (Phi) is 3.18. The third-order valence-electron chi connectivity index (χ3n) is 3.86. The Labute approximate surface area is 119 Å². The molecule has 0 saturated heterocycles. The fourth-order valence-corrected chi connectivity index (χ4v) is 2.39. The number of H-pyrrole nitrogens is 1. The van der Waals surface area contributed by atoms with Gasteiger partial charge in [-0.3, -0.25) is 5.10 Å². The number of hydrogen-bond donors (Lipinski definition) is 2. The van der Waals surface area contributed by atoms with Crippen LogP contribution in [0.5, 0.6) is 0 Å². The minimum Gasteiger partial charge on any atom is -0.378 e. The van der Waals surface area contributed by atoms with E-state index in [0.29, 0.717) is 0 Å². The van der Waals surface area contributed by atoms with Crippen LogP contribution in [0.4, 0.5) is 5.69 Å². The van der Waals surface area contributed by atoms with E-state index < -0.39 is 0 Å². The molecule has 0 amide bonds. The van der Waals surface area contributed by atoms with E-state index in [1.165, 1.54) is 16.7 Å². The summed E-state index contributed by atoms with van der Waals surface area (Å²) in [5, 5.41) is 11.7. The molecule has 0 aliphatic carbocycles. The van der Waals surface area contributed by atoms with Crippen LogP contribution in [0.1, 0.15) is 29.7 Å². The van der Waals surface area contributed by atoms with Gasteiger partial charge in [-0.15, -0.1) is 0 Å². The summed E-state index contributed by atoms with van der Waals surface area (Å²) in [4.78, 5) is 0. The number of aryl methyl sites for hydroxylation is 2. The highest BCUT2D eigenvalue weighted by molar-refractivity contribution is 5.81. The molecule has 3 nitrogen and oxygen atoms in total. The SMILES string of the molecule is Cc1ccc(C(C)Nc2ccc3cn[nH]c3c2)cc1C. The third-order valence-corrected chi connectivity index (χ3v) is 3.86. The molecule has 0 aliphatic heterocycles. The van der Waals surface area contributed by atoms with Crippen molar-refractivity contribution in [2.75, 3.05) is 5.32 Å². The molecule has 20 heavy (non-hydrogen) atoms. The van der Waals surface area contributed by atoms with Gasteiger partial charge in [0, 0.05) is 17.1 Å². The lowest BCUT2D eigenvalue weighted by Gasteiger charge is -2.17. The van der Waals surface area contributed by atoms with Crippen LogP contribution >= 0.6 is 0 Å². The molecule has 0 fully saturated rings. The van der Waals surface area contributed by atoms with E-state index in [4.69, 9.17) is 0 Å². The molecule has 2 aromatic carbocycles. The summed E-state index contributed by atoms with van der Waals surface area (Å²) >= 11 is 0. The second-order valence-electron chi connectivity index (χ2n) is 5.38. The van der Waals surface area contributed by atoms with Crippen LogP contribution in [-0.2, 0) is 0 Å². The Morgan fingerprint density at radius 3 is 2.70 bits per heavy atom. The third kappa shape index (κ3) is 2.39. The lowest BCUT2D eigenvalue weighted by Crippen LogP contribution is -2.06. The number of aromatic amines is 1. The maximum absolute atomic E-state index is 4.05. The Morgan fingerprint density at radius 2 is 1.90 bits per heavy atom. The first-order valence-electron chi connectivity index (χ1n) is 6.90. The Hall–Kier alpha value is -2.29. The number of nitrogens with one attached hydrogen (secondary N) is 2. The van der Waals surface area contributed by atoms with Crippen molar-refractivity contribution in [3.8, 4) is 0 Å². The highest BCUT2D eigenvalue weighted by Gasteiger charge is 2.07. The van der Waals surface area contributed by atoms with Gasteiger partial charge in [-0.2, -0.15) is 5.10 Å². The van der Waals surface area contributed by atoms with Crippen LogP contribution in [0.3, 0.4) is 0 Å². The predicted octanol–water partition coefficient (Wildman–Crippen LogP) is 4.35. The molecule has 0 saturated carbocycles. The van der Waals surface area contributed by atoms with Crippen molar-refractivity contribution >= 4 is 16.6 Å². The van der Waals surface area contributed by atoms with Gasteiger partial charge in [-0.1, -0.05) is 18.2 Å². The number of nitrogens with zero attached hydrogens (tertiary/aromatic N) is 1. The van der Waals surface area contributed by atoms with E-state index in [1.54, 1.807) is 0 Å². The van der Waals surface area contributed by atoms with Crippen LogP contribution < -0.4 is 5.32 Å². The van der Waals surface area contributed by atoms with Gasteiger partial charge in [0.05, 0.1) is 11.7 Å². The Bertz CT molecular complexity index is 743. The average molecular weight is 265 g/mol.